The van der Waals surface area contributed by atoms with Crippen molar-refractivity contribution in [2.45, 2.75) is 32.6 Å². The van der Waals surface area contributed by atoms with E-state index >= 15 is 0 Å². The maximum Gasteiger partial charge on any atom is 0.125 e. The molecular formula is C11H16N2O. The molecule has 1 aliphatic rings. The molecule has 0 aromatic carbocycles. The zero-order valence-corrected chi connectivity index (χ0v) is 8.79. The molecule has 0 saturated carbocycles. The highest BCUT2D eigenvalue weighted by molar-refractivity contribution is 5.14. The smallest absolute Gasteiger partial charge is 0.125 e. The third-order valence-electron chi connectivity index (χ3n) is 2.63. The number of rotatable bonds is 1. The molecule has 2 heterocycles. The van der Waals surface area contributed by atoms with Crippen molar-refractivity contribution in [2.75, 3.05) is 13.2 Å². The maximum absolute atomic E-state index is 5.34. The lowest BCUT2D eigenvalue weighted by molar-refractivity contribution is 0.0844. The lowest BCUT2D eigenvalue weighted by Gasteiger charge is -2.21. The first-order valence-electron chi connectivity index (χ1n) is 5.15. The molecule has 0 bridgehead atoms. The number of aryl methyl sites for hydroxylation is 2. The van der Waals surface area contributed by atoms with Crippen molar-refractivity contribution in [1.29, 1.82) is 0 Å². The van der Waals surface area contributed by atoms with Gasteiger partial charge in [0.05, 0.1) is 0 Å². The molecule has 76 valence electrons. The largest absolute Gasteiger partial charge is 0.381 e. The first kappa shape index (κ1) is 9.59. The molecular weight excluding hydrogens is 176 g/mol. The third kappa shape index (κ3) is 2.10. The number of hydrogen-bond donors (Lipinski definition) is 0. The summed E-state index contributed by atoms with van der Waals surface area (Å²) in [6.45, 7) is 5.72. The summed E-state index contributed by atoms with van der Waals surface area (Å²) in [6, 6.07) is 2.10. The maximum atomic E-state index is 5.34. The van der Waals surface area contributed by atoms with Crippen LogP contribution in [0.1, 0.15) is 36.0 Å². The summed E-state index contributed by atoms with van der Waals surface area (Å²) in [5, 5.41) is 0. The van der Waals surface area contributed by atoms with Crippen LogP contribution in [-0.4, -0.2) is 23.2 Å². The second kappa shape index (κ2) is 4.05. The van der Waals surface area contributed by atoms with E-state index in [0.717, 1.165) is 37.6 Å². The Morgan fingerprint density at radius 2 is 1.93 bits per heavy atom. The third-order valence-corrected chi connectivity index (χ3v) is 2.63. The quantitative estimate of drug-likeness (QED) is 0.682. The predicted octanol–water partition coefficient (Wildman–Crippen LogP) is 1.99. The summed E-state index contributed by atoms with van der Waals surface area (Å²) < 4.78 is 5.34. The molecule has 0 spiro atoms. The number of ether oxygens (including phenoxy) is 1. The van der Waals surface area contributed by atoms with Gasteiger partial charge in [-0.15, -0.1) is 0 Å². The van der Waals surface area contributed by atoms with Crippen molar-refractivity contribution in [1.82, 2.24) is 9.97 Å². The van der Waals surface area contributed by atoms with E-state index in [1.807, 2.05) is 13.8 Å². The Morgan fingerprint density at radius 3 is 2.57 bits per heavy atom. The summed E-state index contributed by atoms with van der Waals surface area (Å²) in [6.07, 6.45) is 2.19. The van der Waals surface area contributed by atoms with Crippen LogP contribution in [0.3, 0.4) is 0 Å². The average Bonchev–Trinajstić information content (AvgIpc) is 2.18. The molecule has 0 aliphatic carbocycles. The highest BCUT2D eigenvalue weighted by Crippen LogP contribution is 2.25. The predicted molar refractivity (Wildman–Crippen MR) is 54.3 cm³/mol. The van der Waals surface area contributed by atoms with Gasteiger partial charge in [0, 0.05) is 30.5 Å². The summed E-state index contributed by atoms with van der Waals surface area (Å²) in [5.41, 5.74) is 2.26. The fourth-order valence-electron chi connectivity index (χ4n) is 1.95. The first-order chi connectivity index (χ1) is 6.75. The van der Waals surface area contributed by atoms with Gasteiger partial charge in [-0.3, -0.25) is 0 Å². The van der Waals surface area contributed by atoms with Crippen LogP contribution in [0.15, 0.2) is 6.07 Å². The van der Waals surface area contributed by atoms with Gasteiger partial charge in [-0.25, -0.2) is 9.97 Å². The molecule has 0 N–H and O–H groups in total. The second-order valence-corrected chi connectivity index (χ2v) is 3.87. The Labute approximate surface area is 84.5 Å². The van der Waals surface area contributed by atoms with Crippen LogP contribution in [0.4, 0.5) is 0 Å². The van der Waals surface area contributed by atoms with Crippen LogP contribution in [-0.2, 0) is 4.74 Å². The first-order valence-corrected chi connectivity index (χ1v) is 5.15. The van der Waals surface area contributed by atoms with Crippen molar-refractivity contribution < 1.29 is 4.74 Å². The summed E-state index contributed by atoms with van der Waals surface area (Å²) in [7, 11) is 0. The van der Waals surface area contributed by atoms with E-state index in [0.29, 0.717) is 5.92 Å². The van der Waals surface area contributed by atoms with E-state index < -0.39 is 0 Å². The van der Waals surface area contributed by atoms with Gasteiger partial charge in [0.2, 0.25) is 0 Å². The second-order valence-electron chi connectivity index (χ2n) is 3.87. The zero-order chi connectivity index (χ0) is 9.97. The van der Waals surface area contributed by atoms with Gasteiger partial charge >= 0.3 is 0 Å². The molecule has 0 atom stereocenters. The normalized spacial score (nSPS) is 18.4. The van der Waals surface area contributed by atoms with E-state index in [4.69, 9.17) is 4.74 Å². The van der Waals surface area contributed by atoms with E-state index in [-0.39, 0.29) is 0 Å². The standard InChI is InChI=1S/C11H16N2O/c1-8-7-11(13-9(2)12-8)10-3-5-14-6-4-10/h7,10H,3-6H2,1-2H3. The van der Waals surface area contributed by atoms with Gasteiger partial charge in [0.25, 0.3) is 0 Å². The Balaban J connectivity index is 2.21. The highest BCUT2D eigenvalue weighted by atomic mass is 16.5. The van der Waals surface area contributed by atoms with Crippen molar-refractivity contribution in [3.05, 3.63) is 23.3 Å². The van der Waals surface area contributed by atoms with Gasteiger partial charge in [-0.1, -0.05) is 0 Å². The van der Waals surface area contributed by atoms with Gasteiger partial charge in [-0.05, 0) is 32.8 Å². The van der Waals surface area contributed by atoms with Crippen LogP contribution in [0.2, 0.25) is 0 Å². The molecule has 1 aliphatic heterocycles. The topological polar surface area (TPSA) is 35.0 Å². The summed E-state index contributed by atoms with van der Waals surface area (Å²) in [5.74, 6) is 1.45. The average molecular weight is 192 g/mol. The number of hydrogen-bond acceptors (Lipinski definition) is 3. The summed E-state index contributed by atoms with van der Waals surface area (Å²) >= 11 is 0. The van der Waals surface area contributed by atoms with Crippen LogP contribution >= 0.6 is 0 Å². The van der Waals surface area contributed by atoms with E-state index in [1.54, 1.807) is 0 Å². The van der Waals surface area contributed by atoms with Crippen molar-refractivity contribution in [2.24, 2.45) is 0 Å². The lowest BCUT2D eigenvalue weighted by atomic mass is 9.96. The molecule has 1 fully saturated rings. The van der Waals surface area contributed by atoms with Crippen molar-refractivity contribution in [3.63, 3.8) is 0 Å². The van der Waals surface area contributed by atoms with Gasteiger partial charge in [0.1, 0.15) is 5.82 Å². The zero-order valence-electron chi connectivity index (χ0n) is 8.79. The van der Waals surface area contributed by atoms with Crippen molar-refractivity contribution in [3.8, 4) is 0 Å². The fourth-order valence-corrected chi connectivity index (χ4v) is 1.95. The fraction of sp³-hybridized carbons (Fsp3) is 0.636. The molecule has 2 rings (SSSR count). The van der Waals surface area contributed by atoms with E-state index in [2.05, 4.69) is 16.0 Å². The molecule has 3 heteroatoms. The van der Waals surface area contributed by atoms with Gasteiger partial charge < -0.3 is 4.74 Å². The molecule has 3 nitrogen and oxygen atoms in total. The molecule has 1 aromatic rings. The Bertz CT molecular complexity index is 299. The van der Waals surface area contributed by atoms with Crippen LogP contribution < -0.4 is 0 Å². The van der Waals surface area contributed by atoms with Crippen LogP contribution in [0.25, 0.3) is 0 Å². The minimum atomic E-state index is 0.573. The molecule has 1 aromatic heterocycles. The van der Waals surface area contributed by atoms with E-state index in [1.165, 1.54) is 5.69 Å². The van der Waals surface area contributed by atoms with Gasteiger partial charge in [-0.2, -0.15) is 0 Å². The number of nitrogens with zero attached hydrogens (tertiary/aromatic N) is 2. The minimum Gasteiger partial charge on any atom is -0.381 e. The molecule has 1 saturated heterocycles. The Morgan fingerprint density at radius 1 is 1.21 bits per heavy atom. The monoisotopic (exact) mass is 192 g/mol. The minimum absolute atomic E-state index is 0.573. The van der Waals surface area contributed by atoms with Crippen LogP contribution in [0, 0.1) is 13.8 Å². The van der Waals surface area contributed by atoms with E-state index in [9.17, 15) is 0 Å². The van der Waals surface area contributed by atoms with Crippen LogP contribution in [0.5, 0.6) is 0 Å². The highest BCUT2D eigenvalue weighted by Gasteiger charge is 2.17. The van der Waals surface area contributed by atoms with Crippen molar-refractivity contribution >= 4 is 0 Å². The molecule has 0 radical (unpaired) electrons. The Hall–Kier alpha value is -0.960. The van der Waals surface area contributed by atoms with Gasteiger partial charge in [0.15, 0.2) is 0 Å². The lowest BCUT2D eigenvalue weighted by Crippen LogP contribution is -2.15. The number of aromatic nitrogens is 2. The Kier molecular flexibility index (Phi) is 2.77. The molecule has 0 amide bonds. The summed E-state index contributed by atoms with van der Waals surface area (Å²) in [4.78, 5) is 8.78. The molecule has 14 heavy (non-hydrogen) atoms. The SMILES string of the molecule is Cc1cc(C2CCOCC2)nc(C)n1. The molecule has 0 unspecified atom stereocenters.